The first kappa shape index (κ1) is 15.0. The lowest BCUT2D eigenvalue weighted by Crippen LogP contribution is -2.09. The van der Waals surface area contributed by atoms with Crippen molar-refractivity contribution >= 4 is 33.3 Å². The summed E-state index contributed by atoms with van der Waals surface area (Å²) in [6.07, 6.45) is 0. The fourth-order valence-corrected chi connectivity index (χ4v) is 3.14. The van der Waals surface area contributed by atoms with E-state index in [2.05, 4.69) is 0 Å². The molecule has 0 spiro atoms. The summed E-state index contributed by atoms with van der Waals surface area (Å²) in [6.45, 7) is 0. The fraction of sp³-hybridized carbons (Fsp3) is 0.0769. The van der Waals surface area contributed by atoms with Crippen LogP contribution in [0.5, 0.6) is 11.5 Å². The lowest BCUT2D eigenvalue weighted by atomic mass is 10.3. The van der Waals surface area contributed by atoms with Gasteiger partial charge < -0.3 is 8.92 Å². The van der Waals surface area contributed by atoms with Crippen LogP contribution in [-0.4, -0.2) is 15.5 Å². The number of benzene rings is 2. The van der Waals surface area contributed by atoms with Crippen molar-refractivity contribution < 1.29 is 17.3 Å². The number of methoxy groups -OCH3 is 1. The van der Waals surface area contributed by atoms with Gasteiger partial charge in [-0.05, 0) is 42.5 Å². The fourth-order valence-electron chi connectivity index (χ4n) is 1.48. The van der Waals surface area contributed by atoms with Gasteiger partial charge in [0.15, 0.2) is 0 Å². The molecule has 0 aliphatic heterocycles. The largest absolute Gasteiger partial charge is 0.497 e. The van der Waals surface area contributed by atoms with Crippen molar-refractivity contribution in [2.24, 2.45) is 0 Å². The quantitative estimate of drug-likeness (QED) is 0.799. The third-order valence-corrected chi connectivity index (χ3v) is 4.05. The molecule has 2 aromatic carbocycles. The molecule has 4 nitrogen and oxygen atoms in total. The van der Waals surface area contributed by atoms with Crippen LogP contribution in [0.3, 0.4) is 0 Å². The Morgan fingerprint density at radius 2 is 1.40 bits per heavy atom. The second-order valence-corrected chi connectivity index (χ2v) is 6.24. The van der Waals surface area contributed by atoms with Crippen LogP contribution in [0.4, 0.5) is 0 Å². The van der Waals surface area contributed by atoms with Crippen LogP contribution in [0.2, 0.25) is 10.0 Å². The van der Waals surface area contributed by atoms with E-state index in [-0.39, 0.29) is 20.7 Å². The zero-order valence-corrected chi connectivity index (χ0v) is 12.7. The molecule has 2 rings (SSSR count). The van der Waals surface area contributed by atoms with Crippen molar-refractivity contribution in [1.29, 1.82) is 0 Å². The molecular weight excluding hydrogens is 323 g/mol. The minimum atomic E-state index is -3.99. The lowest BCUT2D eigenvalue weighted by Gasteiger charge is -2.08. The van der Waals surface area contributed by atoms with E-state index in [1.165, 1.54) is 37.4 Å². The zero-order chi connectivity index (χ0) is 14.8. The van der Waals surface area contributed by atoms with E-state index in [1.807, 2.05) is 0 Å². The summed E-state index contributed by atoms with van der Waals surface area (Å²) in [4.78, 5) is -0.106. The van der Waals surface area contributed by atoms with Gasteiger partial charge in [-0.2, -0.15) is 8.42 Å². The first-order valence-electron chi connectivity index (χ1n) is 5.45. The minimum absolute atomic E-state index is 0.106. The second kappa shape index (κ2) is 5.91. The first-order valence-corrected chi connectivity index (χ1v) is 7.62. The van der Waals surface area contributed by atoms with E-state index in [4.69, 9.17) is 32.1 Å². The normalized spacial score (nSPS) is 11.2. The van der Waals surface area contributed by atoms with E-state index in [9.17, 15) is 8.42 Å². The lowest BCUT2D eigenvalue weighted by molar-refractivity contribution is 0.413. The summed E-state index contributed by atoms with van der Waals surface area (Å²) in [5.74, 6) is 0.766. The Bertz CT molecular complexity index is 691. The average molecular weight is 333 g/mol. The van der Waals surface area contributed by atoms with E-state index in [1.54, 1.807) is 12.1 Å². The summed E-state index contributed by atoms with van der Waals surface area (Å²) >= 11 is 11.6. The van der Waals surface area contributed by atoms with Gasteiger partial charge in [-0.1, -0.05) is 23.2 Å². The third-order valence-electron chi connectivity index (χ3n) is 2.39. The molecular formula is C13H10Cl2O4S. The molecule has 0 unspecified atom stereocenters. The molecule has 0 radical (unpaired) electrons. The summed E-state index contributed by atoms with van der Waals surface area (Å²) in [7, 11) is -2.47. The smallest absolute Gasteiger partial charge is 0.339 e. The molecule has 20 heavy (non-hydrogen) atoms. The highest BCUT2D eigenvalue weighted by atomic mass is 35.5. The highest BCUT2D eigenvalue weighted by molar-refractivity contribution is 7.87. The summed E-state index contributed by atoms with van der Waals surface area (Å²) in [6, 6.07) is 10.1. The molecule has 7 heteroatoms. The highest BCUT2D eigenvalue weighted by Gasteiger charge is 2.18. The predicted molar refractivity (Wildman–Crippen MR) is 77.3 cm³/mol. The molecule has 2 aromatic rings. The Morgan fingerprint density at radius 3 is 1.90 bits per heavy atom. The minimum Gasteiger partial charge on any atom is -0.497 e. The van der Waals surface area contributed by atoms with Crippen molar-refractivity contribution in [3.05, 3.63) is 52.5 Å². The SMILES string of the molecule is COc1ccc(OS(=O)(=O)c2cc(Cl)cc(Cl)c2)cc1. The zero-order valence-electron chi connectivity index (χ0n) is 10.3. The van der Waals surface area contributed by atoms with Crippen molar-refractivity contribution in [2.45, 2.75) is 4.90 Å². The molecule has 0 saturated heterocycles. The van der Waals surface area contributed by atoms with Crippen LogP contribution in [0.1, 0.15) is 0 Å². The number of halogens is 2. The highest BCUT2D eigenvalue weighted by Crippen LogP contribution is 2.26. The number of hydrogen-bond acceptors (Lipinski definition) is 4. The Morgan fingerprint density at radius 1 is 0.900 bits per heavy atom. The molecule has 0 atom stereocenters. The van der Waals surface area contributed by atoms with Gasteiger partial charge >= 0.3 is 10.1 Å². The average Bonchev–Trinajstić information content (AvgIpc) is 2.38. The summed E-state index contributed by atoms with van der Waals surface area (Å²) in [5, 5.41) is 0.434. The number of ether oxygens (including phenoxy) is 1. The van der Waals surface area contributed by atoms with Gasteiger partial charge in [-0.3, -0.25) is 0 Å². The first-order chi connectivity index (χ1) is 9.40. The van der Waals surface area contributed by atoms with Crippen LogP contribution in [-0.2, 0) is 10.1 Å². The Labute approximate surface area is 127 Å². The van der Waals surface area contributed by atoms with Crippen LogP contribution in [0.25, 0.3) is 0 Å². The van der Waals surface area contributed by atoms with Gasteiger partial charge in [0, 0.05) is 10.0 Å². The molecule has 0 bridgehead atoms. The van der Waals surface area contributed by atoms with Gasteiger partial charge in [-0.15, -0.1) is 0 Å². The molecule has 0 heterocycles. The third kappa shape index (κ3) is 3.56. The van der Waals surface area contributed by atoms with Gasteiger partial charge in [-0.25, -0.2) is 0 Å². The number of rotatable bonds is 4. The second-order valence-electron chi connectivity index (χ2n) is 3.82. The van der Waals surface area contributed by atoms with Crippen LogP contribution in [0.15, 0.2) is 47.4 Å². The maximum Gasteiger partial charge on any atom is 0.339 e. The topological polar surface area (TPSA) is 52.6 Å². The Balaban J connectivity index is 2.30. The van der Waals surface area contributed by atoms with Gasteiger partial charge in [0.1, 0.15) is 16.4 Å². The van der Waals surface area contributed by atoms with Gasteiger partial charge in [0.25, 0.3) is 0 Å². The van der Waals surface area contributed by atoms with Crippen molar-refractivity contribution in [3.8, 4) is 11.5 Å². The number of hydrogen-bond donors (Lipinski definition) is 0. The van der Waals surface area contributed by atoms with E-state index >= 15 is 0 Å². The molecule has 0 saturated carbocycles. The monoisotopic (exact) mass is 332 g/mol. The van der Waals surface area contributed by atoms with Gasteiger partial charge in [0.05, 0.1) is 7.11 Å². The molecule has 106 valence electrons. The molecule has 0 amide bonds. The van der Waals surface area contributed by atoms with E-state index in [0.717, 1.165) is 0 Å². The maximum atomic E-state index is 12.1. The van der Waals surface area contributed by atoms with E-state index in [0.29, 0.717) is 5.75 Å². The summed E-state index contributed by atoms with van der Waals surface area (Å²) < 4.78 is 34.2. The Kier molecular flexibility index (Phi) is 4.42. The molecule has 0 N–H and O–H groups in total. The molecule has 0 fully saturated rings. The van der Waals surface area contributed by atoms with Crippen LogP contribution >= 0.6 is 23.2 Å². The summed E-state index contributed by atoms with van der Waals surface area (Å²) in [5.41, 5.74) is 0. The van der Waals surface area contributed by atoms with E-state index < -0.39 is 10.1 Å². The van der Waals surface area contributed by atoms with Crippen molar-refractivity contribution in [3.63, 3.8) is 0 Å². The molecule has 0 aromatic heterocycles. The Hall–Kier alpha value is -1.43. The van der Waals surface area contributed by atoms with Crippen LogP contribution < -0.4 is 8.92 Å². The van der Waals surface area contributed by atoms with Gasteiger partial charge in [0.2, 0.25) is 0 Å². The molecule has 0 aliphatic rings. The predicted octanol–water partition coefficient (Wildman–Crippen LogP) is 3.77. The van der Waals surface area contributed by atoms with Crippen molar-refractivity contribution in [2.75, 3.05) is 7.11 Å². The van der Waals surface area contributed by atoms with Crippen LogP contribution in [0, 0.1) is 0 Å². The maximum absolute atomic E-state index is 12.1. The molecule has 0 aliphatic carbocycles. The standard InChI is InChI=1S/C13H10Cl2O4S/c1-18-11-2-4-12(5-3-11)19-20(16,17)13-7-9(14)6-10(15)8-13/h2-8H,1H3. The van der Waals surface area contributed by atoms with Crippen molar-refractivity contribution in [1.82, 2.24) is 0 Å².